The number of nitrogens with one attached hydrogen (secondary N) is 1. The molecule has 1 aromatic carbocycles. The number of rotatable bonds is 3. The molecule has 1 atom stereocenters. The van der Waals surface area contributed by atoms with Crippen molar-refractivity contribution in [2.75, 3.05) is 5.32 Å². The average Bonchev–Trinajstić information content (AvgIpc) is 2.76. The molecule has 2 aromatic rings. The number of amides is 1. The van der Waals surface area contributed by atoms with Crippen LogP contribution in [0.5, 0.6) is 0 Å². The van der Waals surface area contributed by atoms with Gasteiger partial charge in [-0.1, -0.05) is 12.1 Å². The van der Waals surface area contributed by atoms with Gasteiger partial charge in [0.2, 0.25) is 5.91 Å². The number of carbonyl (C=O) groups excluding carboxylic acids is 1. The van der Waals surface area contributed by atoms with E-state index in [0.717, 1.165) is 11.3 Å². The molecule has 0 bridgehead atoms. The summed E-state index contributed by atoms with van der Waals surface area (Å²) in [5.74, 6) is -0.165. The predicted molar refractivity (Wildman–Crippen MR) is 78.0 cm³/mol. The fourth-order valence-corrected chi connectivity index (χ4v) is 2.49. The van der Waals surface area contributed by atoms with E-state index in [9.17, 15) is 9.00 Å². The summed E-state index contributed by atoms with van der Waals surface area (Å²) in [5, 5.41) is 4.95. The number of aromatic nitrogens is 1. The van der Waals surface area contributed by atoms with Gasteiger partial charge in [-0.25, -0.2) is 9.19 Å². The van der Waals surface area contributed by atoms with Crippen LogP contribution in [0.1, 0.15) is 6.92 Å². The van der Waals surface area contributed by atoms with Crippen molar-refractivity contribution in [3.8, 4) is 11.3 Å². The van der Waals surface area contributed by atoms with Gasteiger partial charge in [-0.2, -0.15) is 0 Å². The van der Waals surface area contributed by atoms with Gasteiger partial charge in [0, 0.05) is 17.9 Å². The molecular formula is C11H11N2NaO3S2. The van der Waals surface area contributed by atoms with Crippen molar-refractivity contribution in [3.05, 3.63) is 29.6 Å². The quantitative estimate of drug-likeness (QED) is 0.668. The average molecular weight is 306 g/mol. The van der Waals surface area contributed by atoms with Gasteiger partial charge in [0.05, 0.1) is 10.6 Å². The van der Waals surface area contributed by atoms with E-state index in [0.29, 0.717) is 10.0 Å². The number of hydrogen-bond donors (Lipinski definition) is 2. The summed E-state index contributed by atoms with van der Waals surface area (Å²) >= 11 is -0.640. The predicted octanol–water partition coefficient (Wildman–Crippen LogP) is 1.70. The Kier molecular flexibility index (Phi) is 6.31. The zero-order valence-corrected chi connectivity index (χ0v) is 11.0. The van der Waals surface area contributed by atoms with E-state index >= 15 is 0 Å². The fourth-order valence-electron chi connectivity index (χ4n) is 1.36. The van der Waals surface area contributed by atoms with Gasteiger partial charge in [-0.05, 0) is 12.1 Å². The Labute approximate surface area is 139 Å². The number of thiazole rings is 1. The molecule has 0 spiro atoms. The number of carbonyl (C=O) groups is 1. The van der Waals surface area contributed by atoms with Crippen LogP contribution in [-0.2, 0) is 15.9 Å². The van der Waals surface area contributed by atoms with Crippen molar-refractivity contribution >= 4 is 63.0 Å². The Morgan fingerprint density at radius 3 is 2.53 bits per heavy atom. The molecule has 8 heteroatoms. The Morgan fingerprint density at radius 2 is 2.00 bits per heavy atom. The molecule has 1 aromatic heterocycles. The van der Waals surface area contributed by atoms with E-state index in [1.165, 1.54) is 18.3 Å². The zero-order valence-electron chi connectivity index (χ0n) is 9.41. The molecule has 1 unspecified atom stereocenters. The van der Waals surface area contributed by atoms with Gasteiger partial charge < -0.3 is 9.87 Å². The first-order chi connectivity index (χ1) is 8.56. The molecule has 0 radical (unpaired) electrons. The maximum atomic E-state index is 10.9. The van der Waals surface area contributed by atoms with E-state index in [4.69, 9.17) is 4.55 Å². The van der Waals surface area contributed by atoms with Crippen molar-refractivity contribution in [1.29, 1.82) is 0 Å². The molecule has 5 nitrogen and oxygen atoms in total. The Hall–Kier alpha value is -0.570. The molecule has 0 aliphatic rings. The first-order valence-electron chi connectivity index (χ1n) is 5.00. The van der Waals surface area contributed by atoms with E-state index in [1.807, 2.05) is 5.38 Å². The number of benzene rings is 1. The number of anilines is 1. The van der Waals surface area contributed by atoms with E-state index in [1.54, 1.807) is 24.3 Å². The van der Waals surface area contributed by atoms with Crippen LogP contribution < -0.4 is 5.32 Å². The topological polar surface area (TPSA) is 79.3 Å². The molecule has 0 aliphatic heterocycles. The monoisotopic (exact) mass is 306 g/mol. The second-order valence-corrected chi connectivity index (χ2v) is 5.32. The van der Waals surface area contributed by atoms with Crippen LogP contribution in [-0.4, -0.2) is 49.2 Å². The Bertz CT molecular complexity index is 598. The van der Waals surface area contributed by atoms with E-state index < -0.39 is 11.1 Å². The molecule has 1 heterocycles. The van der Waals surface area contributed by atoms with Crippen LogP contribution in [0.25, 0.3) is 11.3 Å². The Balaban J connectivity index is 0.00000180. The molecule has 0 fully saturated rings. The standard InChI is InChI=1S/C11H10N2O3S2.Na.H/c1-7(14)12-11-13-10(6-17-11)8-2-4-9(5-3-8)18(15)16;;/h2-6H,1H3,(H,15,16)(H,12,13,14);;. The SMILES string of the molecule is CC(=O)Nc1nc(-c2ccc(S(=O)O)cc2)cs1.[NaH]. The first-order valence-corrected chi connectivity index (χ1v) is 6.99. The maximum absolute atomic E-state index is 10.9. The third-order valence-electron chi connectivity index (χ3n) is 2.14. The summed E-state index contributed by atoms with van der Waals surface area (Å²) in [6, 6.07) is 6.58. The summed E-state index contributed by atoms with van der Waals surface area (Å²) in [6.45, 7) is 1.42. The summed E-state index contributed by atoms with van der Waals surface area (Å²) in [5.41, 5.74) is 1.55. The van der Waals surface area contributed by atoms with Crippen molar-refractivity contribution < 1.29 is 13.6 Å². The third kappa shape index (κ3) is 4.48. The van der Waals surface area contributed by atoms with Crippen molar-refractivity contribution in [1.82, 2.24) is 4.98 Å². The second kappa shape index (κ2) is 7.28. The Morgan fingerprint density at radius 1 is 1.37 bits per heavy atom. The minimum atomic E-state index is -1.97. The molecular weight excluding hydrogens is 295 g/mol. The van der Waals surface area contributed by atoms with Crippen LogP contribution in [0.3, 0.4) is 0 Å². The fraction of sp³-hybridized carbons (Fsp3) is 0.0909. The van der Waals surface area contributed by atoms with E-state index in [2.05, 4.69) is 10.3 Å². The molecule has 96 valence electrons. The summed E-state index contributed by atoms with van der Waals surface area (Å²) < 4.78 is 19.7. The van der Waals surface area contributed by atoms with Crippen LogP contribution >= 0.6 is 11.3 Å². The summed E-state index contributed by atoms with van der Waals surface area (Å²) in [6.07, 6.45) is 0. The van der Waals surface area contributed by atoms with Gasteiger partial charge in [-0.3, -0.25) is 4.79 Å². The van der Waals surface area contributed by atoms with Crippen LogP contribution in [0, 0.1) is 0 Å². The molecule has 2 rings (SSSR count). The molecule has 0 saturated carbocycles. The molecule has 0 aliphatic carbocycles. The minimum absolute atomic E-state index is 0. The summed E-state index contributed by atoms with van der Waals surface area (Å²) in [7, 11) is 0. The molecule has 2 N–H and O–H groups in total. The second-order valence-electron chi connectivity index (χ2n) is 3.49. The molecule has 0 saturated heterocycles. The zero-order chi connectivity index (χ0) is 13.1. The van der Waals surface area contributed by atoms with Crippen molar-refractivity contribution in [2.24, 2.45) is 0 Å². The molecule has 19 heavy (non-hydrogen) atoms. The van der Waals surface area contributed by atoms with Crippen molar-refractivity contribution in [3.63, 3.8) is 0 Å². The van der Waals surface area contributed by atoms with Crippen LogP contribution in [0.4, 0.5) is 5.13 Å². The van der Waals surface area contributed by atoms with Crippen LogP contribution in [0.2, 0.25) is 0 Å². The summed E-state index contributed by atoms with van der Waals surface area (Å²) in [4.78, 5) is 15.5. The van der Waals surface area contributed by atoms with Gasteiger partial charge in [0.25, 0.3) is 0 Å². The van der Waals surface area contributed by atoms with Gasteiger partial charge in [0.1, 0.15) is 0 Å². The number of hydrogen-bond acceptors (Lipinski definition) is 4. The van der Waals surface area contributed by atoms with Gasteiger partial charge >= 0.3 is 29.6 Å². The number of nitrogens with zero attached hydrogens (tertiary/aromatic N) is 1. The molecule has 1 amide bonds. The van der Waals surface area contributed by atoms with Crippen LogP contribution in [0.15, 0.2) is 34.5 Å². The first kappa shape index (κ1) is 16.5. The van der Waals surface area contributed by atoms with Crippen molar-refractivity contribution in [2.45, 2.75) is 11.8 Å². The normalized spacial score (nSPS) is 11.5. The third-order valence-corrected chi connectivity index (χ3v) is 3.57. The van der Waals surface area contributed by atoms with Gasteiger partial charge in [-0.15, -0.1) is 11.3 Å². The van der Waals surface area contributed by atoms with Gasteiger partial charge in [0.15, 0.2) is 16.2 Å². The van der Waals surface area contributed by atoms with E-state index in [-0.39, 0.29) is 35.5 Å².